The van der Waals surface area contributed by atoms with Gasteiger partial charge in [-0.05, 0) is 31.4 Å². The number of anilines is 1. The third-order valence-electron chi connectivity index (χ3n) is 4.36. The molecule has 0 N–H and O–H groups in total. The van der Waals surface area contributed by atoms with E-state index < -0.39 is 10.4 Å². The molecule has 0 bridgehead atoms. The first kappa shape index (κ1) is 26.8. The minimum absolute atomic E-state index is 0. The van der Waals surface area contributed by atoms with Crippen molar-refractivity contribution in [3.63, 3.8) is 0 Å². The van der Waals surface area contributed by atoms with Gasteiger partial charge >= 0.3 is 29.6 Å². The molecule has 0 atom stereocenters. The van der Waals surface area contributed by atoms with Gasteiger partial charge in [0.15, 0.2) is 0 Å². The van der Waals surface area contributed by atoms with Crippen LogP contribution in [-0.2, 0) is 14.6 Å². The van der Waals surface area contributed by atoms with Crippen molar-refractivity contribution >= 4 is 16.1 Å². The Labute approximate surface area is 187 Å². The summed E-state index contributed by atoms with van der Waals surface area (Å²) < 4.78 is 35.0. The van der Waals surface area contributed by atoms with Crippen molar-refractivity contribution in [1.82, 2.24) is 4.98 Å². The quantitative estimate of drug-likeness (QED) is 0.177. The number of nitrogens with zero attached hydrogens (tertiary/aromatic N) is 2. The topological polar surface area (TPSA) is 82.6 Å². The number of hydrogen-bond acceptors (Lipinski definition) is 6. The van der Waals surface area contributed by atoms with Crippen molar-refractivity contribution in [2.45, 2.75) is 71.1 Å². The predicted octanol–water partition coefficient (Wildman–Crippen LogP) is 1.29. The number of pyridine rings is 1. The van der Waals surface area contributed by atoms with Crippen LogP contribution in [0.3, 0.4) is 0 Å². The van der Waals surface area contributed by atoms with Gasteiger partial charge in [-0.3, -0.25) is 9.17 Å². The third kappa shape index (κ3) is 15.4. The average molecular weight is 409 g/mol. The van der Waals surface area contributed by atoms with Gasteiger partial charge in [0, 0.05) is 31.2 Å². The van der Waals surface area contributed by atoms with E-state index in [-0.39, 0.29) is 36.2 Å². The molecule has 0 aliphatic carbocycles. The maximum Gasteiger partial charge on any atom is 1.00 e. The summed E-state index contributed by atoms with van der Waals surface area (Å²) in [7, 11) is -4.52. The van der Waals surface area contributed by atoms with Crippen molar-refractivity contribution < 1.29 is 46.7 Å². The molecule has 1 rings (SSSR count). The minimum Gasteiger partial charge on any atom is -0.726 e. The first-order valence-corrected chi connectivity index (χ1v) is 11.1. The van der Waals surface area contributed by atoms with E-state index >= 15 is 0 Å². The van der Waals surface area contributed by atoms with Crippen LogP contribution in [0.15, 0.2) is 24.5 Å². The van der Waals surface area contributed by atoms with Crippen LogP contribution < -0.4 is 34.5 Å². The van der Waals surface area contributed by atoms with Gasteiger partial charge in [-0.2, -0.15) is 0 Å². The third-order valence-corrected chi connectivity index (χ3v) is 4.81. The Hall–Kier alpha value is -0.180. The Balaban J connectivity index is 0.00000676. The first-order valence-electron chi connectivity index (χ1n) is 9.78. The Morgan fingerprint density at radius 1 is 0.926 bits per heavy atom. The minimum atomic E-state index is -4.52. The van der Waals surface area contributed by atoms with Crippen molar-refractivity contribution in [3.8, 4) is 0 Å². The molecular weight excluding hydrogens is 375 g/mol. The Morgan fingerprint density at radius 3 is 2.00 bits per heavy atom. The normalized spacial score (nSPS) is 11.2. The maximum atomic E-state index is 10.3. The van der Waals surface area contributed by atoms with E-state index in [1.54, 1.807) is 0 Å². The van der Waals surface area contributed by atoms with Crippen LogP contribution in [-0.4, -0.2) is 37.7 Å². The van der Waals surface area contributed by atoms with Crippen LogP contribution in [0.5, 0.6) is 0 Å². The molecule has 0 spiro atoms. The summed E-state index contributed by atoms with van der Waals surface area (Å²) in [6.07, 6.45) is 14.7. The van der Waals surface area contributed by atoms with Crippen LogP contribution in [0.2, 0.25) is 0 Å². The van der Waals surface area contributed by atoms with Gasteiger partial charge in [0.2, 0.25) is 10.4 Å². The van der Waals surface area contributed by atoms with Gasteiger partial charge in [-0.1, -0.05) is 51.9 Å². The van der Waals surface area contributed by atoms with E-state index in [1.165, 1.54) is 44.2 Å². The molecule has 0 fully saturated rings. The molecule has 0 amide bonds. The molecule has 6 nitrogen and oxygen atoms in total. The SMILES string of the molecule is CCCCN(CCCCCCCCCCOS(=O)(=O)[O-])c1ccncc1.[Na+]. The van der Waals surface area contributed by atoms with E-state index in [0.29, 0.717) is 6.42 Å². The fourth-order valence-electron chi connectivity index (χ4n) is 2.90. The van der Waals surface area contributed by atoms with Crippen LogP contribution in [0.4, 0.5) is 5.69 Å². The van der Waals surface area contributed by atoms with E-state index in [1.807, 2.05) is 12.4 Å². The summed E-state index contributed by atoms with van der Waals surface area (Å²) in [6, 6.07) is 4.16. The molecular formula is C19H33N2NaO4S. The standard InChI is InChI=1S/C19H34N2O4S.Na/c1-2-3-16-21(19-12-14-20-15-13-19)17-10-8-6-4-5-7-9-11-18-25-26(22,23)24;/h12-15H,2-11,16-18H2,1H3,(H,22,23,24);/q;+1/p-1. The van der Waals surface area contributed by atoms with E-state index in [0.717, 1.165) is 32.4 Å². The summed E-state index contributed by atoms with van der Waals surface area (Å²) in [5.41, 5.74) is 1.26. The van der Waals surface area contributed by atoms with Gasteiger partial charge in [0.25, 0.3) is 0 Å². The second-order valence-corrected chi connectivity index (χ2v) is 7.66. The molecule has 0 radical (unpaired) electrons. The largest absolute Gasteiger partial charge is 1.00 e. The number of unbranched alkanes of at least 4 members (excludes halogenated alkanes) is 8. The summed E-state index contributed by atoms with van der Waals surface area (Å²) in [5.74, 6) is 0. The molecule has 0 aliphatic heterocycles. The zero-order valence-corrected chi connectivity index (χ0v) is 19.8. The smallest absolute Gasteiger partial charge is 0.726 e. The fourth-order valence-corrected chi connectivity index (χ4v) is 3.22. The Kier molecular flexibility index (Phi) is 16.6. The summed E-state index contributed by atoms with van der Waals surface area (Å²) in [6.45, 7) is 4.41. The molecule has 0 saturated heterocycles. The molecule has 1 aromatic rings. The second-order valence-electron chi connectivity index (χ2n) is 6.60. The zero-order chi connectivity index (χ0) is 19.1. The number of aromatic nitrogens is 1. The van der Waals surface area contributed by atoms with Crippen molar-refractivity contribution in [2.24, 2.45) is 0 Å². The van der Waals surface area contributed by atoms with Gasteiger partial charge in [-0.25, -0.2) is 8.42 Å². The molecule has 0 saturated carbocycles. The van der Waals surface area contributed by atoms with E-state index in [4.69, 9.17) is 0 Å². The van der Waals surface area contributed by atoms with Crippen LogP contribution in [0.1, 0.15) is 71.1 Å². The van der Waals surface area contributed by atoms with Crippen molar-refractivity contribution in [3.05, 3.63) is 24.5 Å². The fraction of sp³-hybridized carbons (Fsp3) is 0.737. The summed E-state index contributed by atoms with van der Waals surface area (Å²) in [4.78, 5) is 6.55. The molecule has 1 aromatic heterocycles. The molecule has 0 aliphatic rings. The predicted molar refractivity (Wildman–Crippen MR) is 104 cm³/mol. The zero-order valence-electron chi connectivity index (χ0n) is 16.9. The first-order chi connectivity index (χ1) is 12.5. The Morgan fingerprint density at radius 2 is 1.44 bits per heavy atom. The summed E-state index contributed by atoms with van der Waals surface area (Å²) >= 11 is 0. The van der Waals surface area contributed by atoms with E-state index in [9.17, 15) is 13.0 Å². The molecule has 150 valence electrons. The number of hydrogen-bond donors (Lipinski definition) is 0. The second kappa shape index (κ2) is 16.7. The van der Waals surface area contributed by atoms with Gasteiger partial charge < -0.3 is 9.45 Å². The molecule has 27 heavy (non-hydrogen) atoms. The summed E-state index contributed by atoms with van der Waals surface area (Å²) in [5, 5.41) is 0. The average Bonchev–Trinajstić information content (AvgIpc) is 2.62. The van der Waals surface area contributed by atoms with Crippen LogP contribution in [0, 0.1) is 0 Å². The monoisotopic (exact) mass is 408 g/mol. The Bertz CT molecular complexity index is 558. The van der Waals surface area contributed by atoms with Crippen molar-refractivity contribution in [2.75, 3.05) is 24.6 Å². The molecule has 0 aromatic carbocycles. The number of rotatable bonds is 16. The van der Waals surface area contributed by atoms with E-state index in [2.05, 4.69) is 33.1 Å². The van der Waals surface area contributed by atoms with Crippen molar-refractivity contribution in [1.29, 1.82) is 0 Å². The van der Waals surface area contributed by atoms with Crippen LogP contribution >= 0.6 is 0 Å². The molecule has 8 heteroatoms. The molecule has 1 heterocycles. The molecule has 0 unspecified atom stereocenters. The maximum absolute atomic E-state index is 10.3. The van der Waals surface area contributed by atoms with Gasteiger partial charge in [0.1, 0.15) is 0 Å². The van der Waals surface area contributed by atoms with Gasteiger partial charge in [-0.15, -0.1) is 0 Å². The van der Waals surface area contributed by atoms with Gasteiger partial charge in [0.05, 0.1) is 6.61 Å². The van der Waals surface area contributed by atoms with Crippen LogP contribution in [0.25, 0.3) is 0 Å².